The summed E-state index contributed by atoms with van der Waals surface area (Å²) in [5.41, 5.74) is -0.757. The summed E-state index contributed by atoms with van der Waals surface area (Å²) < 4.78 is 0.630. The third-order valence-electron chi connectivity index (χ3n) is 3.98. The lowest BCUT2D eigenvalue weighted by Crippen LogP contribution is -2.53. The van der Waals surface area contributed by atoms with Crippen LogP contribution in [0.3, 0.4) is 0 Å². The molecule has 1 aliphatic heterocycles. The van der Waals surface area contributed by atoms with Gasteiger partial charge in [-0.2, -0.15) is 0 Å². The molecule has 21 heavy (non-hydrogen) atoms. The maximum Gasteiger partial charge on any atom is 0.329 e. The molecular formula is C15H17BrClNO3. The summed E-state index contributed by atoms with van der Waals surface area (Å²) in [7, 11) is 0. The van der Waals surface area contributed by atoms with Gasteiger partial charge in [0.2, 0.25) is 0 Å². The minimum absolute atomic E-state index is 0.311. The van der Waals surface area contributed by atoms with Gasteiger partial charge < -0.3 is 10.0 Å². The highest BCUT2D eigenvalue weighted by atomic mass is 79.9. The van der Waals surface area contributed by atoms with Gasteiger partial charge in [0.1, 0.15) is 5.54 Å². The minimum Gasteiger partial charge on any atom is -0.479 e. The van der Waals surface area contributed by atoms with Crippen molar-refractivity contribution in [2.24, 2.45) is 0 Å². The SMILES string of the molecule is CCCC1(C(=O)O)CCCN1C(=O)c1cccc(Br)c1Cl. The highest BCUT2D eigenvalue weighted by Gasteiger charge is 2.49. The van der Waals surface area contributed by atoms with Crippen LogP contribution in [0.2, 0.25) is 5.02 Å². The molecule has 114 valence electrons. The Morgan fingerprint density at radius 1 is 1.48 bits per heavy atom. The third-order valence-corrected chi connectivity index (χ3v) is 5.27. The highest BCUT2D eigenvalue weighted by molar-refractivity contribution is 9.10. The van der Waals surface area contributed by atoms with Crippen LogP contribution in [0.4, 0.5) is 0 Å². The van der Waals surface area contributed by atoms with E-state index in [0.717, 1.165) is 0 Å². The van der Waals surface area contributed by atoms with Crippen LogP contribution in [0.25, 0.3) is 0 Å². The quantitative estimate of drug-likeness (QED) is 0.868. The fourth-order valence-corrected chi connectivity index (χ4v) is 3.56. The second kappa shape index (κ2) is 6.36. The maximum atomic E-state index is 12.8. The molecule has 2 rings (SSSR count). The van der Waals surface area contributed by atoms with Crippen LogP contribution >= 0.6 is 27.5 Å². The number of hydrogen-bond acceptors (Lipinski definition) is 2. The number of amides is 1. The molecule has 1 aromatic rings. The number of halogens is 2. The van der Waals surface area contributed by atoms with E-state index in [-0.39, 0.29) is 5.91 Å². The van der Waals surface area contributed by atoms with Crippen molar-refractivity contribution in [3.8, 4) is 0 Å². The van der Waals surface area contributed by atoms with E-state index in [4.69, 9.17) is 11.6 Å². The summed E-state index contributed by atoms with van der Waals surface area (Å²) in [6.45, 7) is 2.38. The van der Waals surface area contributed by atoms with E-state index in [1.54, 1.807) is 18.2 Å². The van der Waals surface area contributed by atoms with Crippen molar-refractivity contribution in [2.45, 2.75) is 38.1 Å². The number of carboxylic acid groups (broad SMARTS) is 1. The number of likely N-dealkylation sites (tertiary alicyclic amines) is 1. The molecule has 1 aliphatic rings. The van der Waals surface area contributed by atoms with E-state index in [9.17, 15) is 14.7 Å². The Morgan fingerprint density at radius 2 is 2.19 bits per heavy atom. The molecule has 0 saturated carbocycles. The van der Waals surface area contributed by atoms with E-state index in [0.29, 0.717) is 47.3 Å². The molecule has 1 heterocycles. The first-order valence-corrected chi connectivity index (χ1v) is 8.10. The largest absolute Gasteiger partial charge is 0.479 e. The fourth-order valence-electron chi connectivity index (χ4n) is 2.99. The zero-order valence-corrected chi connectivity index (χ0v) is 14.1. The van der Waals surface area contributed by atoms with Gasteiger partial charge in [-0.05, 0) is 47.3 Å². The molecule has 0 bridgehead atoms. The number of rotatable bonds is 4. The van der Waals surface area contributed by atoms with Crippen LogP contribution < -0.4 is 0 Å². The van der Waals surface area contributed by atoms with Crippen molar-refractivity contribution < 1.29 is 14.7 Å². The number of aliphatic carboxylic acids is 1. The molecule has 1 N–H and O–H groups in total. The van der Waals surface area contributed by atoms with Crippen molar-refractivity contribution >= 4 is 39.4 Å². The Hall–Kier alpha value is -1.07. The lowest BCUT2D eigenvalue weighted by molar-refractivity contribution is -0.148. The molecule has 1 unspecified atom stereocenters. The molecule has 0 aliphatic carbocycles. The molecule has 0 aromatic heterocycles. The summed E-state index contributed by atoms with van der Waals surface area (Å²) in [6, 6.07) is 5.10. The van der Waals surface area contributed by atoms with E-state index in [1.807, 2.05) is 6.92 Å². The molecule has 0 spiro atoms. The first-order chi connectivity index (χ1) is 9.94. The average molecular weight is 375 g/mol. The Kier molecular flexibility index (Phi) is 4.94. The van der Waals surface area contributed by atoms with E-state index in [1.165, 1.54) is 4.90 Å². The van der Waals surface area contributed by atoms with Crippen LogP contribution in [-0.4, -0.2) is 34.0 Å². The molecule has 1 aromatic carbocycles. The van der Waals surface area contributed by atoms with Crippen LogP contribution in [0, 0.1) is 0 Å². The Morgan fingerprint density at radius 3 is 2.81 bits per heavy atom. The van der Waals surface area contributed by atoms with Gasteiger partial charge in [0.05, 0.1) is 10.6 Å². The molecule has 0 radical (unpaired) electrons. The zero-order chi connectivity index (χ0) is 15.6. The number of benzene rings is 1. The topological polar surface area (TPSA) is 57.6 Å². The Balaban J connectivity index is 2.41. The van der Waals surface area contributed by atoms with Gasteiger partial charge >= 0.3 is 5.97 Å². The van der Waals surface area contributed by atoms with Gasteiger partial charge in [-0.15, -0.1) is 0 Å². The predicted octanol–water partition coefficient (Wildman–Crippen LogP) is 3.96. The molecule has 4 nitrogen and oxygen atoms in total. The minimum atomic E-state index is -1.10. The first kappa shape index (κ1) is 16.3. The van der Waals surface area contributed by atoms with Crippen molar-refractivity contribution in [3.63, 3.8) is 0 Å². The zero-order valence-electron chi connectivity index (χ0n) is 11.7. The van der Waals surface area contributed by atoms with Crippen LogP contribution in [0.5, 0.6) is 0 Å². The van der Waals surface area contributed by atoms with Gasteiger partial charge in [-0.1, -0.05) is 31.0 Å². The summed E-state index contributed by atoms with van der Waals surface area (Å²) in [6.07, 6.45) is 2.36. The average Bonchev–Trinajstić information content (AvgIpc) is 2.86. The molecule has 1 saturated heterocycles. The second-order valence-corrected chi connectivity index (χ2v) is 6.48. The van der Waals surface area contributed by atoms with Gasteiger partial charge in [-0.25, -0.2) is 4.79 Å². The maximum absolute atomic E-state index is 12.8. The lowest BCUT2D eigenvalue weighted by Gasteiger charge is -2.35. The Bertz CT molecular complexity index is 578. The molecule has 1 fully saturated rings. The number of carbonyl (C=O) groups excluding carboxylic acids is 1. The first-order valence-electron chi connectivity index (χ1n) is 6.93. The van der Waals surface area contributed by atoms with Gasteiger partial charge in [-0.3, -0.25) is 4.79 Å². The fraction of sp³-hybridized carbons (Fsp3) is 0.467. The van der Waals surface area contributed by atoms with Crippen molar-refractivity contribution in [2.75, 3.05) is 6.54 Å². The second-order valence-electron chi connectivity index (χ2n) is 5.25. The third kappa shape index (κ3) is 2.81. The standard InChI is InChI=1S/C15H17BrClNO3/c1-2-7-15(14(20)21)8-4-9-18(15)13(19)10-5-3-6-11(16)12(10)17/h3,5-6H,2,4,7-9H2,1H3,(H,20,21). The number of carbonyl (C=O) groups is 2. The summed E-state index contributed by atoms with van der Waals surface area (Å²) in [4.78, 5) is 26.0. The predicted molar refractivity (Wildman–Crippen MR) is 84.7 cm³/mol. The molecule has 1 amide bonds. The number of carboxylic acids is 1. The van der Waals surface area contributed by atoms with Crippen LogP contribution in [0.1, 0.15) is 43.0 Å². The number of hydrogen-bond donors (Lipinski definition) is 1. The summed E-state index contributed by atoms with van der Waals surface area (Å²) in [5, 5.41) is 9.97. The smallest absolute Gasteiger partial charge is 0.329 e. The van der Waals surface area contributed by atoms with Crippen LogP contribution in [0.15, 0.2) is 22.7 Å². The summed E-state index contributed by atoms with van der Waals surface area (Å²) >= 11 is 9.47. The lowest BCUT2D eigenvalue weighted by atomic mass is 9.90. The molecule has 6 heteroatoms. The summed E-state index contributed by atoms with van der Waals surface area (Å²) in [5.74, 6) is -1.24. The van der Waals surface area contributed by atoms with Crippen molar-refractivity contribution in [3.05, 3.63) is 33.3 Å². The monoisotopic (exact) mass is 373 g/mol. The van der Waals surface area contributed by atoms with E-state index >= 15 is 0 Å². The highest BCUT2D eigenvalue weighted by Crippen LogP contribution is 2.37. The van der Waals surface area contributed by atoms with Crippen molar-refractivity contribution in [1.29, 1.82) is 0 Å². The normalized spacial score (nSPS) is 21.6. The van der Waals surface area contributed by atoms with Gasteiger partial charge in [0.25, 0.3) is 5.91 Å². The van der Waals surface area contributed by atoms with Crippen molar-refractivity contribution in [1.82, 2.24) is 4.90 Å². The molecule has 1 atom stereocenters. The molecular weight excluding hydrogens is 358 g/mol. The van der Waals surface area contributed by atoms with E-state index < -0.39 is 11.5 Å². The van der Waals surface area contributed by atoms with Crippen LogP contribution in [-0.2, 0) is 4.79 Å². The Labute approximate surface area is 137 Å². The van der Waals surface area contributed by atoms with Gasteiger partial charge in [0, 0.05) is 11.0 Å². The van der Waals surface area contributed by atoms with E-state index in [2.05, 4.69) is 15.9 Å². The van der Waals surface area contributed by atoms with Gasteiger partial charge in [0.15, 0.2) is 0 Å². The number of nitrogens with zero attached hydrogens (tertiary/aromatic N) is 1.